The Morgan fingerprint density at radius 1 is 1.30 bits per heavy atom. The van der Waals surface area contributed by atoms with Crippen LogP contribution in [0.15, 0.2) is 17.0 Å². The smallest absolute Gasteiger partial charge is 0.275 e. The lowest BCUT2D eigenvalue weighted by Gasteiger charge is -2.33. The number of piperazine rings is 1. The van der Waals surface area contributed by atoms with Crippen molar-refractivity contribution in [2.45, 2.75) is 31.7 Å². The molecule has 1 heterocycles. The molecule has 1 fully saturated rings. The van der Waals surface area contributed by atoms with Crippen molar-refractivity contribution in [3.8, 4) is 0 Å². The number of hydrogen-bond donors (Lipinski definition) is 1. The van der Waals surface area contributed by atoms with Gasteiger partial charge in [0.1, 0.15) is 0 Å². The average Bonchev–Trinajstić information content (AvgIpc) is 2.56. The van der Waals surface area contributed by atoms with Crippen LogP contribution in [0.4, 0.5) is 5.69 Å². The van der Waals surface area contributed by atoms with Crippen molar-refractivity contribution in [3.05, 3.63) is 32.8 Å². The van der Waals surface area contributed by atoms with Crippen molar-refractivity contribution >= 4 is 33.2 Å². The molecule has 0 aromatic heterocycles. The maximum absolute atomic E-state index is 12.8. The van der Waals surface area contributed by atoms with Crippen LogP contribution in [0.2, 0.25) is 5.02 Å². The number of nitro benzene ring substituents is 1. The third kappa shape index (κ3) is 5.16. The molecular formula is C16H23ClN4O5S. The fraction of sp³-hybridized carbons (Fsp3) is 0.562. The Balaban J connectivity index is 2.11. The van der Waals surface area contributed by atoms with Crippen molar-refractivity contribution < 1.29 is 18.1 Å². The molecule has 0 bridgehead atoms. The van der Waals surface area contributed by atoms with E-state index in [1.54, 1.807) is 0 Å². The Hall–Kier alpha value is -1.75. The second kappa shape index (κ2) is 8.51. The summed E-state index contributed by atoms with van der Waals surface area (Å²) < 4.78 is 27.0. The minimum Gasteiger partial charge on any atom is -0.353 e. The van der Waals surface area contributed by atoms with E-state index >= 15 is 0 Å². The number of benzene rings is 1. The Bertz CT molecular complexity index is 835. The molecule has 1 aliphatic rings. The minimum absolute atomic E-state index is 0.0340. The molecule has 1 aromatic rings. The van der Waals surface area contributed by atoms with Crippen molar-refractivity contribution in [1.82, 2.24) is 14.5 Å². The van der Waals surface area contributed by atoms with Gasteiger partial charge in [0, 0.05) is 43.9 Å². The summed E-state index contributed by atoms with van der Waals surface area (Å²) in [7, 11) is -3.91. The third-order valence-electron chi connectivity index (χ3n) is 4.27. The van der Waals surface area contributed by atoms with Gasteiger partial charge in [0.25, 0.3) is 5.69 Å². The monoisotopic (exact) mass is 418 g/mol. The number of amides is 1. The molecule has 9 nitrogen and oxygen atoms in total. The maximum atomic E-state index is 12.8. The zero-order chi connectivity index (χ0) is 20.4. The van der Waals surface area contributed by atoms with E-state index in [1.165, 1.54) is 17.3 Å². The van der Waals surface area contributed by atoms with E-state index in [0.29, 0.717) is 13.1 Å². The first kappa shape index (κ1) is 21.5. The SMILES string of the molecule is Cc1c(Cl)cc(S(=O)(=O)N2CCN(CC(=O)NC(C)C)CC2)cc1[N+](=O)[O-]. The molecule has 2 rings (SSSR count). The van der Waals surface area contributed by atoms with Gasteiger partial charge < -0.3 is 5.32 Å². The number of halogens is 1. The molecule has 0 unspecified atom stereocenters. The van der Waals surface area contributed by atoms with E-state index in [0.717, 1.165) is 6.07 Å². The molecule has 150 valence electrons. The standard InChI is InChI=1S/C16H23ClN4O5S/c1-11(2)18-16(22)10-19-4-6-20(7-5-19)27(25,26)13-8-14(17)12(3)15(9-13)21(23)24/h8-9,11H,4-7,10H2,1-3H3,(H,18,22). The largest absolute Gasteiger partial charge is 0.353 e. The lowest BCUT2D eigenvalue weighted by molar-refractivity contribution is -0.385. The zero-order valence-corrected chi connectivity index (χ0v) is 17.0. The van der Waals surface area contributed by atoms with Crippen molar-refractivity contribution in [1.29, 1.82) is 0 Å². The van der Waals surface area contributed by atoms with Crippen LogP contribution in [-0.4, -0.2) is 67.2 Å². The average molecular weight is 419 g/mol. The molecule has 0 atom stereocenters. The first-order valence-corrected chi connectivity index (χ1v) is 10.3. The molecule has 0 aliphatic carbocycles. The summed E-state index contributed by atoms with van der Waals surface area (Å²) in [6.07, 6.45) is 0. The van der Waals surface area contributed by atoms with Crippen LogP contribution in [0, 0.1) is 17.0 Å². The van der Waals surface area contributed by atoms with Gasteiger partial charge in [0.2, 0.25) is 15.9 Å². The molecular weight excluding hydrogens is 396 g/mol. The molecule has 1 N–H and O–H groups in total. The molecule has 27 heavy (non-hydrogen) atoms. The second-order valence-electron chi connectivity index (χ2n) is 6.71. The lowest BCUT2D eigenvalue weighted by atomic mass is 10.2. The van der Waals surface area contributed by atoms with Crippen LogP contribution in [-0.2, 0) is 14.8 Å². The highest BCUT2D eigenvalue weighted by Crippen LogP contribution is 2.31. The fourth-order valence-corrected chi connectivity index (χ4v) is 4.58. The van der Waals surface area contributed by atoms with Gasteiger partial charge in [0.05, 0.1) is 21.4 Å². The Morgan fingerprint density at radius 2 is 1.89 bits per heavy atom. The highest BCUT2D eigenvalue weighted by Gasteiger charge is 2.31. The number of sulfonamides is 1. The molecule has 1 saturated heterocycles. The summed E-state index contributed by atoms with van der Waals surface area (Å²) in [6, 6.07) is 2.32. The first-order valence-electron chi connectivity index (χ1n) is 8.48. The van der Waals surface area contributed by atoms with Crippen molar-refractivity contribution in [2.75, 3.05) is 32.7 Å². The predicted octanol–water partition coefficient (Wildman–Crippen LogP) is 1.39. The number of nitro groups is 1. The fourth-order valence-electron chi connectivity index (χ4n) is 2.83. The number of carbonyl (C=O) groups is 1. The molecule has 1 amide bonds. The van der Waals surface area contributed by atoms with Gasteiger partial charge in [-0.15, -0.1) is 0 Å². The number of carbonyl (C=O) groups excluding carboxylic acids is 1. The molecule has 0 spiro atoms. The molecule has 1 aromatic carbocycles. The number of nitrogens with one attached hydrogen (secondary N) is 1. The Kier molecular flexibility index (Phi) is 6.79. The summed E-state index contributed by atoms with van der Waals surface area (Å²) in [5, 5.41) is 14.0. The summed E-state index contributed by atoms with van der Waals surface area (Å²) in [5.41, 5.74) is -0.105. The van der Waals surface area contributed by atoms with Gasteiger partial charge in [-0.2, -0.15) is 4.31 Å². The summed E-state index contributed by atoms with van der Waals surface area (Å²) in [4.78, 5) is 24.0. The zero-order valence-electron chi connectivity index (χ0n) is 15.4. The van der Waals surface area contributed by atoms with Crippen LogP contribution in [0.25, 0.3) is 0 Å². The van der Waals surface area contributed by atoms with E-state index in [4.69, 9.17) is 11.6 Å². The first-order chi connectivity index (χ1) is 12.5. The summed E-state index contributed by atoms with van der Waals surface area (Å²) in [6.45, 7) is 6.58. The number of rotatable bonds is 6. The lowest BCUT2D eigenvalue weighted by Crippen LogP contribution is -2.51. The van der Waals surface area contributed by atoms with Gasteiger partial charge in [-0.1, -0.05) is 11.6 Å². The normalized spacial score (nSPS) is 16.5. The topological polar surface area (TPSA) is 113 Å². The van der Waals surface area contributed by atoms with Crippen LogP contribution in [0.1, 0.15) is 19.4 Å². The van der Waals surface area contributed by atoms with Crippen LogP contribution in [0.5, 0.6) is 0 Å². The maximum Gasteiger partial charge on any atom is 0.275 e. The van der Waals surface area contributed by atoms with E-state index in [2.05, 4.69) is 5.32 Å². The summed E-state index contributed by atoms with van der Waals surface area (Å²) >= 11 is 5.99. The minimum atomic E-state index is -3.91. The third-order valence-corrected chi connectivity index (χ3v) is 6.54. The van der Waals surface area contributed by atoms with Crippen molar-refractivity contribution in [2.24, 2.45) is 0 Å². The highest BCUT2D eigenvalue weighted by atomic mass is 35.5. The van der Waals surface area contributed by atoms with Crippen LogP contribution < -0.4 is 5.32 Å². The van der Waals surface area contributed by atoms with Gasteiger partial charge in [-0.25, -0.2) is 8.42 Å². The van der Waals surface area contributed by atoms with Gasteiger partial charge in [0.15, 0.2) is 0 Å². The molecule has 1 aliphatic heterocycles. The Morgan fingerprint density at radius 3 is 2.41 bits per heavy atom. The predicted molar refractivity (Wildman–Crippen MR) is 101 cm³/mol. The molecule has 11 heteroatoms. The number of hydrogen-bond acceptors (Lipinski definition) is 6. The highest BCUT2D eigenvalue weighted by molar-refractivity contribution is 7.89. The number of nitrogens with zero attached hydrogens (tertiary/aromatic N) is 3. The summed E-state index contributed by atoms with van der Waals surface area (Å²) in [5.74, 6) is -0.109. The molecule has 0 radical (unpaired) electrons. The van der Waals surface area contributed by atoms with E-state index in [1.807, 2.05) is 18.7 Å². The van der Waals surface area contributed by atoms with E-state index < -0.39 is 14.9 Å². The van der Waals surface area contributed by atoms with Crippen molar-refractivity contribution in [3.63, 3.8) is 0 Å². The van der Waals surface area contributed by atoms with E-state index in [9.17, 15) is 23.3 Å². The van der Waals surface area contributed by atoms with Gasteiger partial charge in [-0.05, 0) is 26.8 Å². The van der Waals surface area contributed by atoms with Crippen LogP contribution in [0.3, 0.4) is 0 Å². The Labute approximate surface area is 163 Å². The van der Waals surface area contributed by atoms with E-state index in [-0.39, 0.29) is 52.8 Å². The second-order valence-corrected chi connectivity index (χ2v) is 9.05. The van der Waals surface area contributed by atoms with Gasteiger partial charge >= 0.3 is 0 Å². The van der Waals surface area contributed by atoms with Crippen LogP contribution >= 0.6 is 11.6 Å². The quantitative estimate of drug-likeness (QED) is 0.551. The van der Waals surface area contributed by atoms with Gasteiger partial charge in [-0.3, -0.25) is 19.8 Å². The molecule has 0 saturated carbocycles.